The van der Waals surface area contributed by atoms with Gasteiger partial charge in [-0.3, -0.25) is 10.1 Å². The first-order valence-corrected chi connectivity index (χ1v) is 7.29. The largest absolute Gasteiger partial charge is 0.311 e. The van der Waals surface area contributed by atoms with Crippen LogP contribution in [0.1, 0.15) is 20.9 Å². The minimum Gasteiger partial charge on any atom is -0.311 e. The first-order chi connectivity index (χ1) is 9.65. The fourth-order valence-electron chi connectivity index (χ4n) is 2.02. The van der Waals surface area contributed by atoms with Crippen molar-refractivity contribution in [1.82, 2.24) is 10.3 Å². The number of hydrogen-bond donors (Lipinski definition) is 2. The second kappa shape index (κ2) is 5.47. The lowest BCUT2D eigenvalue weighted by Crippen LogP contribution is -2.22. The number of hydrogen-bond acceptors (Lipinski definition) is 4. The van der Waals surface area contributed by atoms with Crippen molar-refractivity contribution in [3.8, 4) is 0 Å². The van der Waals surface area contributed by atoms with E-state index in [-0.39, 0.29) is 10.6 Å². The number of fused-ring (bicyclic) bond motifs is 1. The van der Waals surface area contributed by atoms with Crippen LogP contribution < -0.4 is 10.6 Å². The number of thiazole rings is 1. The highest BCUT2D eigenvalue weighted by molar-refractivity contribution is 7.15. The van der Waals surface area contributed by atoms with Crippen molar-refractivity contribution in [2.45, 2.75) is 13.0 Å². The summed E-state index contributed by atoms with van der Waals surface area (Å²) in [6.45, 7) is 1.66. The number of benzene rings is 1. The van der Waals surface area contributed by atoms with E-state index in [0.717, 1.165) is 30.1 Å². The van der Waals surface area contributed by atoms with E-state index < -0.39 is 11.7 Å². The molecule has 0 fully saturated rings. The van der Waals surface area contributed by atoms with Crippen molar-refractivity contribution < 1.29 is 9.18 Å². The third-order valence-electron chi connectivity index (χ3n) is 3.02. The molecule has 0 spiro atoms. The number of amides is 1. The van der Waals surface area contributed by atoms with Crippen LogP contribution in [0.25, 0.3) is 0 Å². The van der Waals surface area contributed by atoms with Crippen LogP contribution >= 0.6 is 22.9 Å². The highest BCUT2D eigenvalue weighted by Gasteiger charge is 2.18. The van der Waals surface area contributed by atoms with E-state index in [1.54, 1.807) is 0 Å². The summed E-state index contributed by atoms with van der Waals surface area (Å²) in [5.41, 5.74) is 1.12. The van der Waals surface area contributed by atoms with E-state index in [1.165, 1.54) is 29.5 Å². The van der Waals surface area contributed by atoms with Crippen molar-refractivity contribution in [2.75, 3.05) is 11.9 Å². The number of nitrogens with zero attached hydrogens (tertiary/aromatic N) is 1. The Kier molecular flexibility index (Phi) is 3.69. The molecule has 1 amide bonds. The SMILES string of the molecule is O=C(Nc1nc2c(s1)CNCC2)c1cccc(F)c1Cl. The predicted molar refractivity (Wildman–Crippen MR) is 76.9 cm³/mol. The van der Waals surface area contributed by atoms with Crippen LogP contribution in [0.4, 0.5) is 9.52 Å². The number of nitrogens with one attached hydrogen (secondary N) is 2. The Hall–Kier alpha value is -1.50. The van der Waals surface area contributed by atoms with E-state index in [9.17, 15) is 9.18 Å². The van der Waals surface area contributed by atoms with Gasteiger partial charge in [0.25, 0.3) is 5.91 Å². The number of aromatic nitrogens is 1. The standard InChI is InChI=1S/C13H11ClFN3OS/c14-11-7(2-1-3-8(11)15)12(19)18-13-17-9-4-5-16-6-10(9)20-13/h1-3,16H,4-6H2,(H,17,18,19). The maximum Gasteiger partial charge on any atom is 0.259 e. The molecule has 2 heterocycles. The third-order valence-corrected chi connectivity index (χ3v) is 4.42. The molecule has 2 N–H and O–H groups in total. The van der Waals surface area contributed by atoms with Gasteiger partial charge in [0.05, 0.1) is 16.3 Å². The zero-order valence-electron chi connectivity index (χ0n) is 10.4. The van der Waals surface area contributed by atoms with Gasteiger partial charge in [-0.1, -0.05) is 17.7 Å². The number of rotatable bonds is 2. The topological polar surface area (TPSA) is 54.0 Å². The van der Waals surface area contributed by atoms with Gasteiger partial charge >= 0.3 is 0 Å². The molecule has 1 aromatic carbocycles. The second-order valence-corrected chi connectivity index (χ2v) is 5.83. The number of carbonyl (C=O) groups excluding carboxylic acids is 1. The van der Waals surface area contributed by atoms with Gasteiger partial charge in [0, 0.05) is 24.4 Å². The maximum atomic E-state index is 13.3. The molecule has 3 rings (SSSR count). The summed E-state index contributed by atoms with van der Waals surface area (Å²) in [7, 11) is 0. The smallest absolute Gasteiger partial charge is 0.259 e. The number of halogens is 2. The molecule has 0 saturated carbocycles. The van der Waals surface area contributed by atoms with Gasteiger partial charge in [-0.05, 0) is 12.1 Å². The molecular weight excluding hydrogens is 301 g/mol. The van der Waals surface area contributed by atoms with Gasteiger partial charge in [0.2, 0.25) is 0 Å². The Morgan fingerprint density at radius 2 is 2.35 bits per heavy atom. The minimum absolute atomic E-state index is 0.109. The predicted octanol–water partition coefficient (Wildman–Crippen LogP) is 2.83. The Morgan fingerprint density at radius 1 is 1.50 bits per heavy atom. The van der Waals surface area contributed by atoms with Gasteiger partial charge < -0.3 is 5.32 Å². The molecule has 0 radical (unpaired) electrons. The summed E-state index contributed by atoms with van der Waals surface area (Å²) in [5.74, 6) is -1.06. The van der Waals surface area contributed by atoms with Crippen molar-refractivity contribution in [3.63, 3.8) is 0 Å². The highest BCUT2D eigenvalue weighted by Crippen LogP contribution is 2.27. The summed E-state index contributed by atoms with van der Waals surface area (Å²) in [6, 6.07) is 4.15. The fraction of sp³-hybridized carbons (Fsp3) is 0.231. The first-order valence-electron chi connectivity index (χ1n) is 6.10. The zero-order chi connectivity index (χ0) is 14.1. The molecule has 0 atom stereocenters. The summed E-state index contributed by atoms with van der Waals surface area (Å²) in [5, 5.41) is 6.26. The van der Waals surface area contributed by atoms with Crippen LogP contribution in [-0.2, 0) is 13.0 Å². The monoisotopic (exact) mass is 311 g/mol. The average molecular weight is 312 g/mol. The van der Waals surface area contributed by atoms with Gasteiger partial charge in [-0.2, -0.15) is 0 Å². The summed E-state index contributed by atoms with van der Waals surface area (Å²) in [4.78, 5) is 17.6. The van der Waals surface area contributed by atoms with E-state index in [0.29, 0.717) is 5.13 Å². The molecule has 0 unspecified atom stereocenters. The minimum atomic E-state index is -0.609. The third kappa shape index (κ3) is 2.54. The molecule has 0 bridgehead atoms. The molecule has 104 valence electrons. The van der Waals surface area contributed by atoms with Gasteiger partial charge in [-0.25, -0.2) is 9.37 Å². The van der Waals surface area contributed by atoms with Gasteiger partial charge in [0.15, 0.2) is 5.13 Å². The molecule has 1 aromatic heterocycles. The average Bonchev–Trinajstić information content (AvgIpc) is 2.83. The van der Waals surface area contributed by atoms with E-state index in [2.05, 4.69) is 15.6 Å². The van der Waals surface area contributed by atoms with E-state index >= 15 is 0 Å². The van der Waals surface area contributed by atoms with Crippen molar-refractivity contribution >= 4 is 34.0 Å². The molecule has 4 nitrogen and oxygen atoms in total. The lowest BCUT2D eigenvalue weighted by molar-refractivity contribution is 0.102. The molecule has 20 heavy (non-hydrogen) atoms. The van der Waals surface area contributed by atoms with Crippen molar-refractivity contribution in [3.05, 3.63) is 45.2 Å². The van der Waals surface area contributed by atoms with Crippen LogP contribution in [0.5, 0.6) is 0 Å². The highest BCUT2D eigenvalue weighted by atomic mass is 35.5. The number of anilines is 1. The quantitative estimate of drug-likeness (QED) is 0.896. The molecule has 0 aliphatic carbocycles. The molecule has 2 aromatic rings. The van der Waals surface area contributed by atoms with E-state index in [4.69, 9.17) is 11.6 Å². The second-order valence-electron chi connectivity index (χ2n) is 4.37. The summed E-state index contributed by atoms with van der Waals surface area (Å²) in [6.07, 6.45) is 0.850. The normalized spacial score (nSPS) is 13.9. The lowest BCUT2D eigenvalue weighted by atomic mass is 10.2. The van der Waals surface area contributed by atoms with Crippen LogP contribution in [0, 0.1) is 5.82 Å². The van der Waals surface area contributed by atoms with Gasteiger partial charge in [0.1, 0.15) is 5.82 Å². The molecule has 1 aliphatic heterocycles. The number of carbonyl (C=O) groups is 1. The van der Waals surface area contributed by atoms with Crippen LogP contribution in [0.2, 0.25) is 5.02 Å². The van der Waals surface area contributed by atoms with Crippen LogP contribution in [0.3, 0.4) is 0 Å². The molecular formula is C13H11ClFN3OS. The Bertz CT molecular complexity index is 650. The Labute approximate surface area is 124 Å². The summed E-state index contributed by atoms with van der Waals surface area (Å²) < 4.78 is 13.3. The van der Waals surface area contributed by atoms with Crippen molar-refractivity contribution in [2.24, 2.45) is 0 Å². The van der Waals surface area contributed by atoms with Crippen molar-refractivity contribution in [1.29, 1.82) is 0 Å². The van der Waals surface area contributed by atoms with Gasteiger partial charge in [-0.15, -0.1) is 11.3 Å². The van der Waals surface area contributed by atoms with Crippen LogP contribution in [0.15, 0.2) is 18.2 Å². The Morgan fingerprint density at radius 3 is 3.15 bits per heavy atom. The maximum absolute atomic E-state index is 13.3. The van der Waals surface area contributed by atoms with E-state index in [1.807, 2.05) is 0 Å². The fourth-order valence-corrected chi connectivity index (χ4v) is 3.21. The Balaban J connectivity index is 1.82. The molecule has 7 heteroatoms. The van der Waals surface area contributed by atoms with Crippen LogP contribution in [-0.4, -0.2) is 17.4 Å². The molecule has 1 aliphatic rings. The molecule has 0 saturated heterocycles. The first kappa shape index (κ1) is 13.5. The lowest BCUT2D eigenvalue weighted by Gasteiger charge is -2.09. The zero-order valence-corrected chi connectivity index (χ0v) is 11.9. The summed E-state index contributed by atoms with van der Waals surface area (Å²) >= 11 is 7.22.